The van der Waals surface area contributed by atoms with Crippen molar-refractivity contribution in [3.63, 3.8) is 0 Å². The molecule has 0 aromatic heterocycles. The third-order valence-corrected chi connectivity index (χ3v) is 1.25. The number of rotatable bonds is 4. The Morgan fingerprint density at radius 2 is 1.82 bits per heavy atom. The first-order valence-electron chi connectivity index (χ1n) is 3.59. The molecule has 1 N–H and O–H groups in total. The fourth-order valence-corrected chi connectivity index (χ4v) is 0.710. The van der Waals surface area contributed by atoms with Gasteiger partial charge in [0.1, 0.15) is 0 Å². The van der Waals surface area contributed by atoms with Gasteiger partial charge in [-0.1, -0.05) is 26.2 Å². The van der Waals surface area contributed by atoms with Gasteiger partial charge in [0.15, 0.2) is 0 Å². The van der Waals surface area contributed by atoms with Crippen LogP contribution >= 0.6 is 23.2 Å². The quantitative estimate of drug-likeness (QED) is 0.427. The number of carboxylic acid groups (broad SMARTS) is 1. The van der Waals surface area contributed by atoms with Crippen molar-refractivity contribution in [3.05, 3.63) is 0 Å². The molecule has 0 radical (unpaired) electrons. The average molecular weight is 201 g/mol. The molecule has 0 amide bonds. The minimum absolute atomic E-state index is 0.833. The largest absolute Gasteiger partial charge is 0.469 e. The molecule has 68 valence electrons. The van der Waals surface area contributed by atoms with Crippen LogP contribution in [0.4, 0.5) is 4.79 Å². The summed E-state index contributed by atoms with van der Waals surface area (Å²) in [5.74, 6) is 0.833. The zero-order valence-electron chi connectivity index (χ0n) is 6.65. The third kappa shape index (κ3) is 39.7. The minimum Gasteiger partial charge on any atom is -0.469 e. The van der Waals surface area contributed by atoms with Crippen molar-refractivity contribution in [3.8, 4) is 0 Å². The monoisotopic (exact) mass is 200 g/mol. The van der Waals surface area contributed by atoms with Gasteiger partial charge in [0.05, 0.1) is 0 Å². The number of unbranched alkanes of at least 4 members (excludes halogenated alkanes) is 3. The van der Waals surface area contributed by atoms with Gasteiger partial charge in [0.25, 0.3) is 0 Å². The fraction of sp³-hybridized carbons (Fsp3) is 0.857. The number of alkyl halides is 1. The van der Waals surface area contributed by atoms with Gasteiger partial charge >= 0.3 is 5.43 Å². The highest BCUT2D eigenvalue weighted by molar-refractivity contribution is 6.60. The Morgan fingerprint density at radius 3 is 2.09 bits per heavy atom. The number of halogens is 2. The van der Waals surface area contributed by atoms with E-state index in [-0.39, 0.29) is 0 Å². The highest BCUT2D eigenvalue weighted by Crippen LogP contribution is 1.98. The maximum Gasteiger partial charge on any atom is 0.401 e. The Bertz CT molecular complexity index is 78.5. The molecule has 0 aliphatic heterocycles. The fourth-order valence-electron chi connectivity index (χ4n) is 0.521. The molecule has 4 heteroatoms. The van der Waals surface area contributed by atoms with Gasteiger partial charge in [-0.05, 0) is 6.42 Å². The summed E-state index contributed by atoms with van der Waals surface area (Å²) in [7, 11) is 0. The first kappa shape index (κ1) is 13.6. The van der Waals surface area contributed by atoms with Crippen LogP contribution in [-0.2, 0) is 0 Å². The van der Waals surface area contributed by atoms with Gasteiger partial charge in [-0.15, -0.1) is 11.6 Å². The van der Waals surface area contributed by atoms with E-state index in [4.69, 9.17) is 21.5 Å². The van der Waals surface area contributed by atoms with Crippen LogP contribution in [0, 0.1) is 0 Å². The lowest BCUT2D eigenvalue weighted by molar-refractivity contribution is 0.220. The molecule has 0 aromatic carbocycles. The molecule has 0 atom stereocenters. The molecule has 0 rings (SSSR count). The van der Waals surface area contributed by atoms with Crippen LogP contribution in [0.3, 0.4) is 0 Å². The van der Waals surface area contributed by atoms with E-state index in [0.29, 0.717) is 0 Å². The van der Waals surface area contributed by atoms with E-state index in [1.165, 1.54) is 25.7 Å². The molecule has 11 heavy (non-hydrogen) atoms. The van der Waals surface area contributed by atoms with Gasteiger partial charge in [-0.3, -0.25) is 0 Å². The molecule has 0 saturated carbocycles. The maximum absolute atomic E-state index is 8.77. The summed E-state index contributed by atoms with van der Waals surface area (Å²) < 4.78 is 0. The maximum atomic E-state index is 8.77. The van der Waals surface area contributed by atoms with Crippen molar-refractivity contribution < 1.29 is 9.90 Å². The summed E-state index contributed by atoms with van der Waals surface area (Å²) in [6.07, 6.45) is 5.14. The first-order valence-corrected chi connectivity index (χ1v) is 4.50. The Balaban J connectivity index is 0. The predicted molar refractivity (Wildman–Crippen MR) is 48.7 cm³/mol. The Kier molecular flexibility index (Phi) is 15.7. The van der Waals surface area contributed by atoms with Crippen LogP contribution in [0.25, 0.3) is 0 Å². The number of hydrogen-bond donors (Lipinski definition) is 1. The second-order valence-corrected chi connectivity index (χ2v) is 2.70. The molecule has 0 spiro atoms. The molecule has 0 aliphatic carbocycles. The molecule has 0 unspecified atom stereocenters. The number of carbonyl (C=O) groups is 1. The van der Waals surface area contributed by atoms with Crippen molar-refractivity contribution >= 4 is 28.6 Å². The first-order chi connectivity index (χ1) is 5.15. The summed E-state index contributed by atoms with van der Waals surface area (Å²) in [6.45, 7) is 2.20. The van der Waals surface area contributed by atoms with E-state index < -0.39 is 5.43 Å². The van der Waals surface area contributed by atoms with Gasteiger partial charge in [0.2, 0.25) is 0 Å². The van der Waals surface area contributed by atoms with Gasteiger partial charge in [-0.2, -0.15) is 0 Å². The molecule has 0 aliphatic rings. The lowest BCUT2D eigenvalue weighted by Gasteiger charge is -1.89. The van der Waals surface area contributed by atoms with Gasteiger partial charge in [0, 0.05) is 17.5 Å². The van der Waals surface area contributed by atoms with Gasteiger partial charge < -0.3 is 5.11 Å². The zero-order valence-corrected chi connectivity index (χ0v) is 8.16. The third-order valence-electron chi connectivity index (χ3n) is 0.987. The zero-order chi connectivity index (χ0) is 9.11. The molecule has 0 bridgehead atoms. The topological polar surface area (TPSA) is 37.3 Å². The van der Waals surface area contributed by atoms with E-state index >= 15 is 0 Å². The van der Waals surface area contributed by atoms with E-state index in [9.17, 15) is 0 Å². The van der Waals surface area contributed by atoms with Crippen LogP contribution in [0.2, 0.25) is 0 Å². The average Bonchev–Trinajstić information content (AvgIpc) is 1.88. The predicted octanol–water partition coefficient (Wildman–Crippen LogP) is 3.71. The van der Waals surface area contributed by atoms with Crippen LogP contribution in [0.1, 0.15) is 32.6 Å². The van der Waals surface area contributed by atoms with Crippen LogP contribution < -0.4 is 0 Å². The molecule has 2 nitrogen and oxygen atoms in total. The lowest BCUT2D eigenvalue weighted by atomic mass is 10.2. The minimum atomic E-state index is -1.36. The molecule has 0 aromatic rings. The highest BCUT2D eigenvalue weighted by Gasteiger charge is 1.81. The van der Waals surface area contributed by atoms with Crippen LogP contribution in [-0.4, -0.2) is 16.4 Å². The SMILES string of the molecule is CCCCCCCl.O=C(O)Cl. The van der Waals surface area contributed by atoms with E-state index in [1.807, 2.05) is 0 Å². The second kappa shape index (κ2) is 12.7. The normalized spacial score (nSPS) is 8.27. The lowest BCUT2D eigenvalue weighted by Crippen LogP contribution is -1.74. The van der Waals surface area contributed by atoms with Crippen LogP contribution in [0.15, 0.2) is 0 Å². The van der Waals surface area contributed by atoms with E-state index in [1.54, 1.807) is 0 Å². The van der Waals surface area contributed by atoms with Crippen LogP contribution in [0.5, 0.6) is 0 Å². The number of hydrogen-bond acceptors (Lipinski definition) is 1. The smallest absolute Gasteiger partial charge is 0.401 e. The Labute approximate surface area is 77.5 Å². The van der Waals surface area contributed by atoms with Crippen molar-refractivity contribution in [2.45, 2.75) is 32.6 Å². The summed E-state index contributed by atoms with van der Waals surface area (Å²) in [5.41, 5.74) is -1.36. The summed E-state index contributed by atoms with van der Waals surface area (Å²) >= 11 is 9.63. The Hall–Kier alpha value is 0.0500. The summed E-state index contributed by atoms with van der Waals surface area (Å²) in [6, 6.07) is 0. The van der Waals surface area contributed by atoms with E-state index in [0.717, 1.165) is 5.88 Å². The molecule has 0 fully saturated rings. The molecular formula is C7H14Cl2O2. The van der Waals surface area contributed by atoms with E-state index in [2.05, 4.69) is 18.5 Å². The summed E-state index contributed by atoms with van der Waals surface area (Å²) in [5, 5.41) is 7.18. The summed E-state index contributed by atoms with van der Waals surface area (Å²) in [4.78, 5) is 8.77. The van der Waals surface area contributed by atoms with Crippen molar-refractivity contribution in [1.29, 1.82) is 0 Å². The highest BCUT2D eigenvalue weighted by atomic mass is 35.5. The Morgan fingerprint density at radius 1 is 1.36 bits per heavy atom. The molecular weight excluding hydrogens is 187 g/mol. The standard InChI is InChI=1S/C6H13Cl.CHClO2/c1-2-3-4-5-6-7;2-1(3)4/h2-6H2,1H3;(H,3,4). The van der Waals surface area contributed by atoms with Gasteiger partial charge in [-0.25, -0.2) is 4.79 Å². The van der Waals surface area contributed by atoms with Crippen molar-refractivity contribution in [2.24, 2.45) is 0 Å². The van der Waals surface area contributed by atoms with Crippen molar-refractivity contribution in [2.75, 3.05) is 5.88 Å². The second-order valence-electron chi connectivity index (χ2n) is 2.00. The molecule has 0 saturated heterocycles. The van der Waals surface area contributed by atoms with Crippen molar-refractivity contribution in [1.82, 2.24) is 0 Å². The molecule has 0 heterocycles.